The molecule has 7 nitrogen and oxygen atoms in total. The van der Waals surface area contributed by atoms with Crippen LogP contribution in [0.15, 0.2) is 53.4 Å². The third kappa shape index (κ3) is 5.98. The van der Waals surface area contributed by atoms with Gasteiger partial charge in [-0.05, 0) is 62.9 Å². The monoisotopic (exact) mass is 465 g/mol. The number of benzene rings is 2. The van der Waals surface area contributed by atoms with E-state index in [2.05, 4.69) is 10.2 Å². The Morgan fingerprint density at radius 2 is 1.61 bits per heavy atom. The van der Waals surface area contributed by atoms with E-state index < -0.39 is 15.6 Å². The smallest absolute Gasteiger partial charge is 0.263 e. The first kappa shape index (κ1) is 23.5. The molecule has 1 fully saturated rings. The van der Waals surface area contributed by atoms with Crippen LogP contribution in [0.4, 0.5) is 0 Å². The van der Waals surface area contributed by atoms with Crippen molar-refractivity contribution in [2.75, 3.05) is 33.2 Å². The van der Waals surface area contributed by atoms with Crippen LogP contribution in [0.3, 0.4) is 0 Å². The standard InChI is InChI=1S/C22H28ClN3O4S/c1-22(2,30-19-8-6-18(23)7-9-19)21(27)24-16-17-4-10-20(11-5-17)31(28,29)26-14-12-25(3)13-15-26/h4-11H,12-16H2,1-3H3,(H,24,27). The van der Waals surface area contributed by atoms with Crippen molar-refractivity contribution >= 4 is 27.5 Å². The van der Waals surface area contributed by atoms with Crippen LogP contribution in [0, 0.1) is 0 Å². The summed E-state index contributed by atoms with van der Waals surface area (Å²) in [5, 5.41) is 3.43. The number of nitrogens with zero attached hydrogens (tertiary/aromatic N) is 2. The number of sulfonamides is 1. The highest BCUT2D eigenvalue weighted by Gasteiger charge is 2.30. The van der Waals surface area contributed by atoms with Crippen LogP contribution >= 0.6 is 11.6 Å². The number of likely N-dealkylation sites (N-methyl/N-ethyl adjacent to an activating group) is 1. The first-order valence-corrected chi connectivity index (χ1v) is 11.9. The summed E-state index contributed by atoms with van der Waals surface area (Å²) >= 11 is 5.88. The minimum absolute atomic E-state index is 0.263. The summed E-state index contributed by atoms with van der Waals surface area (Å²) in [5.41, 5.74) is -0.286. The van der Waals surface area contributed by atoms with Gasteiger partial charge >= 0.3 is 0 Å². The summed E-state index contributed by atoms with van der Waals surface area (Å²) in [4.78, 5) is 15.0. The van der Waals surface area contributed by atoms with Gasteiger partial charge in [-0.3, -0.25) is 4.79 Å². The van der Waals surface area contributed by atoms with Crippen LogP contribution in [0.2, 0.25) is 5.02 Å². The average Bonchev–Trinajstić information content (AvgIpc) is 2.74. The summed E-state index contributed by atoms with van der Waals surface area (Å²) in [6.45, 7) is 6.04. The van der Waals surface area contributed by atoms with Crippen molar-refractivity contribution in [3.63, 3.8) is 0 Å². The Hall–Kier alpha value is -2.13. The molecule has 3 rings (SSSR count). The van der Waals surface area contributed by atoms with E-state index in [0.717, 1.165) is 18.7 Å². The van der Waals surface area contributed by atoms with Gasteiger partial charge in [0.2, 0.25) is 10.0 Å². The molecule has 2 aromatic rings. The van der Waals surface area contributed by atoms with Crippen LogP contribution in [0.1, 0.15) is 19.4 Å². The van der Waals surface area contributed by atoms with E-state index in [-0.39, 0.29) is 17.3 Å². The molecule has 1 saturated heterocycles. The second kappa shape index (κ2) is 9.56. The van der Waals surface area contributed by atoms with Gasteiger partial charge in [0.25, 0.3) is 5.91 Å². The van der Waals surface area contributed by atoms with Gasteiger partial charge < -0.3 is 15.0 Å². The normalized spacial score (nSPS) is 16.1. The first-order valence-electron chi connectivity index (χ1n) is 10.1. The molecule has 1 heterocycles. The highest BCUT2D eigenvalue weighted by Crippen LogP contribution is 2.22. The zero-order chi connectivity index (χ0) is 22.6. The lowest BCUT2D eigenvalue weighted by Gasteiger charge is -2.31. The Kier molecular flexibility index (Phi) is 7.26. The largest absolute Gasteiger partial charge is 0.478 e. The lowest BCUT2D eigenvalue weighted by Crippen LogP contribution is -2.47. The fraction of sp³-hybridized carbons (Fsp3) is 0.409. The number of amides is 1. The van der Waals surface area contributed by atoms with Gasteiger partial charge in [0, 0.05) is 37.7 Å². The third-order valence-corrected chi connectivity index (χ3v) is 7.37. The summed E-state index contributed by atoms with van der Waals surface area (Å²) < 4.78 is 32.9. The Balaban J connectivity index is 1.58. The van der Waals surface area contributed by atoms with Crippen molar-refractivity contribution in [1.29, 1.82) is 0 Å². The number of hydrogen-bond acceptors (Lipinski definition) is 5. The van der Waals surface area contributed by atoms with E-state index in [1.165, 1.54) is 4.31 Å². The maximum atomic E-state index is 12.8. The van der Waals surface area contributed by atoms with Gasteiger partial charge in [-0.2, -0.15) is 4.31 Å². The average molecular weight is 466 g/mol. The van der Waals surface area contributed by atoms with Crippen molar-refractivity contribution in [1.82, 2.24) is 14.5 Å². The number of ether oxygens (including phenoxy) is 1. The fourth-order valence-corrected chi connectivity index (χ4v) is 4.74. The molecule has 0 aromatic heterocycles. The Morgan fingerprint density at radius 3 is 2.19 bits per heavy atom. The van der Waals surface area contributed by atoms with E-state index in [0.29, 0.717) is 23.9 Å². The molecule has 0 unspecified atom stereocenters. The molecule has 1 amide bonds. The highest BCUT2D eigenvalue weighted by atomic mass is 35.5. The maximum Gasteiger partial charge on any atom is 0.263 e. The van der Waals surface area contributed by atoms with E-state index in [1.807, 2.05) is 7.05 Å². The van der Waals surface area contributed by atoms with Gasteiger partial charge in [-0.1, -0.05) is 23.7 Å². The SMILES string of the molecule is CN1CCN(S(=O)(=O)c2ccc(CNC(=O)C(C)(C)Oc3ccc(Cl)cc3)cc2)CC1. The number of halogens is 1. The van der Waals surface area contributed by atoms with Crippen molar-refractivity contribution in [2.24, 2.45) is 0 Å². The van der Waals surface area contributed by atoms with E-state index in [9.17, 15) is 13.2 Å². The fourth-order valence-electron chi connectivity index (χ4n) is 3.20. The van der Waals surface area contributed by atoms with E-state index >= 15 is 0 Å². The first-order chi connectivity index (χ1) is 14.6. The number of nitrogens with one attached hydrogen (secondary N) is 1. The van der Waals surface area contributed by atoms with Crippen LogP contribution < -0.4 is 10.1 Å². The van der Waals surface area contributed by atoms with Gasteiger partial charge in [0.15, 0.2) is 5.60 Å². The minimum Gasteiger partial charge on any atom is -0.478 e. The lowest BCUT2D eigenvalue weighted by molar-refractivity contribution is -0.134. The van der Waals surface area contributed by atoms with Crippen LogP contribution in [-0.4, -0.2) is 62.4 Å². The minimum atomic E-state index is -3.50. The highest BCUT2D eigenvalue weighted by molar-refractivity contribution is 7.89. The Bertz CT molecular complexity index is 1000. The van der Waals surface area contributed by atoms with Crippen LogP contribution in [0.25, 0.3) is 0 Å². The van der Waals surface area contributed by atoms with Crippen LogP contribution in [-0.2, 0) is 21.4 Å². The molecule has 0 bridgehead atoms. The van der Waals surface area contributed by atoms with E-state index in [4.69, 9.17) is 16.3 Å². The number of carbonyl (C=O) groups excluding carboxylic acids is 1. The molecular formula is C22H28ClN3O4S. The van der Waals surface area contributed by atoms with Crippen molar-refractivity contribution in [3.8, 4) is 5.75 Å². The molecule has 168 valence electrons. The summed E-state index contributed by atoms with van der Waals surface area (Å²) in [5.74, 6) is 0.264. The predicted molar refractivity (Wildman–Crippen MR) is 121 cm³/mol. The Morgan fingerprint density at radius 1 is 1.03 bits per heavy atom. The van der Waals surface area contributed by atoms with Gasteiger partial charge in [0.05, 0.1) is 4.90 Å². The molecule has 0 aliphatic carbocycles. The molecule has 0 saturated carbocycles. The second-order valence-electron chi connectivity index (χ2n) is 8.10. The van der Waals surface area contributed by atoms with Gasteiger partial charge in [0.1, 0.15) is 5.75 Å². The molecule has 0 atom stereocenters. The predicted octanol–water partition coefficient (Wildman–Crippen LogP) is 2.75. The number of carbonyl (C=O) groups is 1. The molecule has 2 aromatic carbocycles. The van der Waals surface area contributed by atoms with Crippen LogP contribution in [0.5, 0.6) is 5.75 Å². The van der Waals surface area contributed by atoms with Gasteiger partial charge in [-0.15, -0.1) is 0 Å². The summed E-state index contributed by atoms with van der Waals surface area (Å²) in [6.07, 6.45) is 0. The zero-order valence-corrected chi connectivity index (χ0v) is 19.5. The molecular weight excluding hydrogens is 438 g/mol. The molecule has 9 heteroatoms. The van der Waals surface area contributed by atoms with Gasteiger partial charge in [-0.25, -0.2) is 8.42 Å². The molecule has 1 N–H and O–H groups in total. The molecule has 0 radical (unpaired) electrons. The molecule has 1 aliphatic rings. The molecule has 1 aliphatic heterocycles. The molecule has 0 spiro atoms. The van der Waals surface area contributed by atoms with Crippen molar-refractivity contribution in [3.05, 3.63) is 59.1 Å². The summed E-state index contributed by atoms with van der Waals surface area (Å²) in [6, 6.07) is 13.4. The maximum absolute atomic E-state index is 12.8. The quantitative estimate of drug-likeness (QED) is 0.680. The topological polar surface area (TPSA) is 79.0 Å². The van der Waals surface area contributed by atoms with E-state index in [1.54, 1.807) is 62.4 Å². The number of rotatable bonds is 7. The number of piperazine rings is 1. The lowest BCUT2D eigenvalue weighted by atomic mass is 10.1. The van der Waals surface area contributed by atoms with Crippen molar-refractivity contribution in [2.45, 2.75) is 30.9 Å². The third-order valence-electron chi connectivity index (χ3n) is 5.21. The number of hydrogen-bond donors (Lipinski definition) is 1. The summed E-state index contributed by atoms with van der Waals surface area (Å²) in [7, 11) is -1.52. The Labute approximate surface area is 189 Å². The van der Waals surface area contributed by atoms with Crippen molar-refractivity contribution < 1.29 is 17.9 Å². The zero-order valence-electron chi connectivity index (χ0n) is 18.0. The second-order valence-corrected chi connectivity index (χ2v) is 10.5. The molecule has 31 heavy (non-hydrogen) atoms.